The first kappa shape index (κ1) is 15.6. The van der Waals surface area contributed by atoms with Crippen molar-refractivity contribution in [2.45, 2.75) is 24.6 Å². The van der Waals surface area contributed by atoms with Gasteiger partial charge in [0.25, 0.3) is 5.91 Å². The first-order valence-corrected chi connectivity index (χ1v) is 6.90. The number of benzene rings is 1. The molecule has 1 saturated carbocycles. The molecule has 0 saturated heterocycles. The molecule has 21 heavy (non-hydrogen) atoms. The standard InChI is InChI=1S/C13H13ClF2N2O3/c14-8-3-1-2-7(8)6-17-13(19)11-9(15)4-5-10(12(11)16)18(20)21/h4-5,7-8H,1-3,6H2,(H,17,19). The van der Waals surface area contributed by atoms with Crippen molar-refractivity contribution in [2.24, 2.45) is 5.92 Å². The number of nitro benzene ring substituents is 1. The lowest BCUT2D eigenvalue weighted by atomic mass is 10.1. The Labute approximate surface area is 124 Å². The van der Waals surface area contributed by atoms with E-state index in [-0.39, 0.29) is 17.8 Å². The lowest BCUT2D eigenvalue weighted by Gasteiger charge is -2.14. The first-order chi connectivity index (χ1) is 9.91. The van der Waals surface area contributed by atoms with Crippen molar-refractivity contribution in [2.75, 3.05) is 6.54 Å². The predicted octanol–water partition coefficient (Wildman–Crippen LogP) is 3.01. The topological polar surface area (TPSA) is 72.2 Å². The van der Waals surface area contributed by atoms with Crippen molar-refractivity contribution < 1.29 is 18.5 Å². The molecule has 1 N–H and O–H groups in total. The Hall–Kier alpha value is -1.76. The fraction of sp³-hybridized carbons (Fsp3) is 0.462. The number of hydrogen-bond acceptors (Lipinski definition) is 3. The van der Waals surface area contributed by atoms with Gasteiger partial charge in [-0.1, -0.05) is 6.42 Å². The number of nitrogens with one attached hydrogen (secondary N) is 1. The summed E-state index contributed by atoms with van der Waals surface area (Å²) in [4.78, 5) is 21.5. The molecule has 0 bridgehead atoms. The van der Waals surface area contributed by atoms with Gasteiger partial charge in [-0.15, -0.1) is 11.6 Å². The zero-order valence-electron chi connectivity index (χ0n) is 10.9. The van der Waals surface area contributed by atoms with E-state index >= 15 is 0 Å². The van der Waals surface area contributed by atoms with Crippen LogP contribution in [0.15, 0.2) is 12.1 Å². The van der Waals surface area contributed by atoms with Gasteiger partial charge in [0.1, 0.15) is 11.4 Å². The van der Waals surface area contributed by atoms with Crippen molar-refractivity contribution in [3.63, 3.8) is 0 Å². The number of carbonyl (C=O) groups excluding carboxylic acids is 1. The van der Waals surface area contributed by atoms with E-state index in [2.05, 4.69) is 5.32 Å². The number of alkyl halides is 1. The molecule has 5 nitrogen and oxygen atoms in total. The minimum Gasteiger partial charge on any atom is -0.352 e. The molecule has 1 amide bonds. The van der Waals surface area contributed by atoms with E-state index in [0.717, 1.165) is 19.3 Å². The van der Waals surface area contributed by atoms with Gasteiger partial charge in [0.15, 0.2) is 0 Å². The summed E-state index contributed by atoms with van der Waals surface area (Å²) in [6.07, 6.45) is 2.60. The summed E-state index contributed by atoms with van der Waals surface area (Å²) in [5.41, 5.74) is -1.87. The molecule has 2 rings (SSSR count). The van der Waals surface area contributed by atoms with E-state index in [4.69, 9.17) is 11.6 Å². The summed E-state index contributed by atoms with van der Waals surface area (Å²) in [5, 5.41) is 12.9. The van der Waals surface area contributed by atoms with Gasteiger partial charge in [-0.3, -0.25) is 14.9 Å². The van der Waals surface area contributed by atoms with Crippen molar-refractivity contribution in [1.29, 1.82) is 0 Å². The zero-order valence-corrected chi connectivity index (χ0v) is 11.7. The Kier molecular flexibility index (Phi) is 4.72. The van der Waals surface area contributed by atoms with Gasteiger partial charge in [-0.25, -0.2) is 4.39 Å². The average molecular weight is 319 g/mol. The van der Waals surface area contributed by atoms with Crippen LogP contribution in [-0.2, 0) is 0 Å². The molecule has 0 aromatic heterocycles. The van der Waals surface area contributed by atoms with Crippen LogP contribution in [0.3, 0.4) is 0 Å². The molecule has 8 heteroatoms. The highest BCUT2D eigenvalue weighted by Gasteiger charge is 2.29. The Morgan fingerprint density at radius 3 is 2.71 bits per heavy atom. The molecule has 0 heterocycles. The van der Waals surface area contributed by atoms with E-state index in [0.29, 0.717) is 12.1 Å². The van der Waals surface area contributed by atoms with Crippen molar-refractivity contribution in [1.82, 2.24) is 5.32 Å². The van der Waals surface area contributed by atoms with Gasteiger partial charge in [-0.05, 0) is 24.8 Å². The van der Waals surface area contributed by atoms with Crippen LogP contribution in [0.4, 0.5) is 14.5 Å². The summed E-state index contributed by atoms with van der Waals surface area (Å²) in [6.45, 7) is 0.189. The van der Waals surface area contributed by atoms with Gasteiger partial charge < -0.3 is 5.32 Å². The summed E-state index contributed by atoms with van der Waals surface area (Å²) >= 11 is 6.05. The fourth-order valence-corrected chi connectivity index (χ4v) is 2.79. The third-order valence-electron chi connectivity index (χ3n) is 3.59. The number of halogens is 3. The van der Waals surface area contributed by atoms with E-state index < -0.39 is 33.7 Å². The summed E-state index contributed by atoms with van der Waals surface area (Å²) in [5.74, 6) is -3.57. The molecule has 1 aliphatic carbocycles. The average Bonchev–Trinajstić information content (AvgIpc) is 2.81. The second kappa shape index (κ2) is 6.34. The first-order valence-electron chi connectivity index (χ1n) is 6.46. The maximum absolute atomic E-state index is 13.8. The Morgan fingerprint density at radius 1 is 1.43 bits per heavy atom. The number of nitrogens with zero attached hydrogens (tertiary/aromatic N) is 1. The lowest BCUT2D eigenvalue weighted by Crippen LogP contribution is -2.32. The third kappa shape index (κ3) is 3.29. The third-order valence-corrected chi connectivity index (χ3v) is 4.16. The van der Waals surface area contributed by atoms with Crippen LogP contribution in [-0.4, -0.2) is 22.8 Å². The number of carbonyl (C=O) groups is 1. The van der Waals surface area contributed by atoms with E-state index in [9.17, 15) is 23.7 Å². The Morgan fingerprint density at radius 2 is 2.14 bits per heavy atom. The maximum atomic E-state index is 13.8. The number of rotatable bonds is 4. The summed E-state index contributed by atoms with van der Waals surface area (Å²) < 4.78 is 27.4. The quantitative estimate of drug-likeness (QED) is 0.527. The van der Waals surface area contributed by atoms with Crippen molar-refractivity contribution in [3.8, 4) is 0 Å². The van der Waals surface area contributed by atoms with Crippen LogP contribution < -0.4 is 5.32 Å². The molecule has 2 unspecified atom stereocenters. The molecular weight excluding hydrogens is 306 g/mol. The van der Waals surface area contributed by atoms with Gasteiger partial charge in [-0.2, -0.15) is 4.39 Å². The molecule has 0 radical (unpaired) electrons. The summed E-state index contributed by atoms with van der Waals surface area (Å²) in [6, 6.07) is 1.39. The molecule has 1 aromatic rings. The zero-order chi connectivity index (χ0) is 15.6. The van der Waals surface area contributed by atoms with Crippen LogP contribution in [0.25, 0.3) is 0 Å². The minimum absolute atomic E-state index is 0.0421. The normalized spacial score (nSPS) is 21.3. The molecule has 1 fully saturated rings. The van der Waals surface area contributed by atoms with Gasteiger partial charge >= 0.3 is 5.69 Å². The Balaban J connectivity index is 2.15. The van der Waals surface area contributed by atoms with Gasteiger partial charge in [0, 0.05) is 18.0 Å². The van der Waals surface area contributed by atoms with E-state index in [1.165, 1.54) is 0 Å². The second-order valence-corrected chi connectivity index (χ2v) is 5.49. The number of hydrogen-bond donors (Lipinski definition) is 1. The molecule has 2 atom stereocenters. The molecule has 0 aliphatic heterocycles. The van der Waals surface area contributed by atoms with Crippen molar-refractivity contribution in [3.05, 3.63) is 39.4 Å². The highest BCUT2D eigenvalue weighted by atomic mass is 35.5. The monoisotopic (exact) mass is 318 g/mol. The lowest BCUT2D eigenvalue weighted by molar-refractivity contribution is -0.387. The smallest absolute Gasteiger partial charge is 0.305 e. The number of amides is 1. The van der Waals surface area contributed by atoms with Crippen LogP contribution in [0.2, 0.25) is 0 Å². The van der Waals surface area contributed by atoms with E-state index in [1.54, 1.807) is 0 Å². The SMILES string of the molecule is O=C(NCC1CCCC1Cl)c1c(F)ccc([N+](=O)[O-])c1F. The Bertz CT molecular complexity index is 583. The number of nitro groups is 1. The van der Waals surface area contributed by atoms with Crippen molar-refractivity contribution >= 4 is 23.2 Å². The molecule has 114 valence electrons. The molecule has 1 aromatic carbocycles. The second-order valence-electron chi connectivity index (χ2n) is 4.93. The van der Waals surface area contributed by atoms with Gasteiger partial charge in [0.05, 0.1) is 4.92 Å². The van der Waals surface area contributed by atoms with Gasteiger partial charge in [0.2, 0.25) is 5.82 Å². The highest BCUT2D eigenvalue weighted by Crippen LogP contribution is 2.29. The minimum atomic E-state index is -1.47. The molecule has 1 aliphatic rings. The molecular formula is C13H13ClF2N2O3. The highest BCUT2D eigenvalue weighted by molar-refractivity contribution is 6.21. The largest absolute Gasteiger partial charge is 0.352 e. The molecule has 0 spiro atoms. The van der Waals surface area contributed by atoms with Crippen LogP contribution in [0, 0.1) is 27.7 Å². The van der Waals surface area contributed by atoms with Crippen LogP contribution >= 0.6 is 11.6 Å². The maximum Gasteiger partial charge on any atom is 0.305 e. The van der Waals surface area contributed by atoms with E-state index in [1.807, 2.05) is 0 Å². The fourth-order valence-electron chi connectivity index (χ4n) is 2.42. The van der Waals surface area contributed by atoms with Crippen LogP contribution in [0.1, 0.15) is 29.6 Å². The summed E-state index contributed by atoms with van der Waals surface area (Å²) in [7, 11) is 0. The van der Waals surface area contributed by atoms with Crippen LogP contribution in [0.5, 0.6) is 0 Å². The predicted molar refractivity (Wildman–Crippen MR) is 72.3 cm³/mol.